The summed E-state index contributed by atoms with van der Waals surface area (Å²) in [6.07, 6.45) is -10.6. The van der Waals surface area contributed by atoms with E-state index < -0.39 is 120 Å². The molecule has 6 rings (SSSR count). The molecular formula is C42H72O14. The molecule has 10 N–H and O–H groups in total. The summed E-state index contributed by atoms with van der Waals surface area (Å²) in [7, 11) is 0. The van der Waals surface area contributed by atoms with Crippen LogP contribution < -0.4 is 0 Å². The van der Waals surface area contributed by atoms with E-state index >= 15 is 0 Å². The van der Waals surface area contributed by atoms with E-state index in [0.29, 0.717) is 32.1 Å². The van der Waals surface area contributed by atoms with Gasteiger partial charge in [0.15, 0.2) is 12.6 Å². The van der Waals surface area contributed by atoms with Crippen LogP contribution in [0, 0.1) is 45.3 Å². The van der Waals surface area contributed by atoms with Gasteiger partial charge in [-0.2, -0.15) is 0 Å². The van der Waals surface area contributed by atoms with Gasteiger partial charge in [0.05, 0.1) is 37.1 Å². The first-order valence-electron chi connectivity index (χ1n) is 21.0. The Morgan fingerprint density at radius 3 is 1.98 bits per heavy atom. The number of allylic oxidation sites excluding steroid dienone is 2. The number of rotatable bonds is 10. The minimum Gasteiger partial charge on any atom is -0.394 e. The lowest BCUT2D eigenvalue weighted by molar-refractivity contribution is -0.383. The van der Waals surface area contributed by atoms with E-state index in [1.807, 2.05) is 34.6 Å². The molecule has 0 bridgehead atoms. The number of aliphatic hydroxyl groups is 10. The molecule has 2 heterocycles. The Kier molecular flexibility index (Phi) is 12.7. The highest BCUT2D eigenvalue weighted by molar-refractivity contribution is 5.22. The van der Waals surface area contributed by atoms with Crippen LogP contribution >= 0.6 is 0 Å². The molecule has 2 aliphatic heterocycles. The van der Waals surface area contributed by atoms with E-state index in [1.165, 1.54) is 5.57 Å². The van der Waals surface area contributed by atoms with Gasteiger partial charge in [0, 0.05) is 0 Å². The molecular weight excluding hydrogens is 728 g/mol. The number of ether oxygens (including phenoxy) is 4. The molecule has 0 aromatic rings. The summed E-state index contributed by atoms with van der Waals surface area (Å²) in [5.74, 6) is -0.623. The van der Waals surface area contributed by atoms with Gasteiger partial charge in [-0.15, -0.1) is 0 Å². The summed E-state index contributed by atoms with van der Waals surface area (Å²) < 4.78 is 24.9. The third-order valence-corrected chi connectivity index (χ3v) is 16.5. The van der Waals surface area contributed by atoms with E-state index in [1.54, 1.807) is 0 Å². The highest BCUT2D eigenvalue weighted by Gasteiger charge is 2.73. The Morgan fingerprint density at radius 2 is 1.38 bits per heavy atom. The van der Waals surface area contributed by atoms with Crippen molar-refractivity contribution in [2.75, 3.05) is 13.2 Å². The molecule has 4 aliphatic carbocycles. The highest BCUT2D eigenvalue weighted by Crippen LogP contribution is 2.76. The van der Waals surface area contributed by atoms with E-state index in [-0.39, 0.29) is 23.7 Å². The molecule has 0 aromatic carbocycles. The zero-order valence-electron chi connectivity index (χ0n) is 34.6. The summed E-state index contributed by atoms with van der Waals surface area (Å²) in [6, 6.07) is 0. The van der Waals surface area contributed by atoms with Gasteiger partial charge < -0.3 is 70.0 Å². The van der Waals surface area contributed by atoms with Gasteiger partial charge in [0.2, 0.25) is 0 Å². The van der Waals surface area contributed by atoms with Crippen molar-refractivity contribution in [3.05, 3.63) is 11.6 Å². The second-order valence-corrected chi connectivity index (χ2v) is 20.3. The average Bonchev–Trinajstić information content (AvgIpc) is 3.51. The molecule has 0 amide bonds. The van der Waals surface area contributed by atoms with Crippen LogP contribution in [-0.2, 0) is 18.9 Å². The number of fused-ring (bicyclic) bond motifs is 5. The molecule has 0 aromatic heterocycles. The van der Waals surface area contributed by atoms with Crippen molar-refractivity contribution < 1.29 is 70.0 Å². The lowest BCUT2D eigenvalue weighted by atomic mass is 9.34. The Bertz CT molecular complexity index is 1400. The van der Waals surface area contributed by atoms with Crippen molar-refractivity contribution in [3.63, 3.8) is 0 Å². The van der Waals surface area contributed by atoms with Crippen LogP contribution in [0.5, 0.6) is 0 Å². The summed E-state index contributed by atoms with van der Waals surface area (Å²) in [6.45, 7) is 15.5. The molecule has 56 heavy (non-hydrogen) atoms. The molecule has 6 fully saturated rings. The standard InChI is InChI=1S/C42H72O14/c1-20(2)10-9-13-42(8,52)21-11-15-40(6)28(21)22(45)16-26-39(5)14-12-27(46)38(3,4)35(39)23(17-41(26,40)7)53-37-34(32(50)30(48)25(19-44)55-37)56-36-33(51)31(49)29(47)24(18-43)54-36/h10,21-37,43-52H,9,11-19H2,1-8H3/t21-,22+,23-,24-,25+,26+,27-,28-,29-,30+,31+,32-,33-,34+,35+,36+,37-,39+,40+,41+,42-/m0/s1. The molecule has 21 atom stereocenters. The number of aliphatic hydroxyl groups excluding tert-OH is 9. The zero-order valence-corrected chi connectivity index (χ0v) is 34.6. The number of hydrogen-bond donors (Lipinski definition) is 10. The van der Waals surface area contributed by atoms with Gasteiger partial charge in [0.25, 0.3) is 0 Å². The van der Waals surface area contributed by atoms with Gasteiger partial charge >= 0.3 is 0 Å². The maximum absolute atomic E-state index is 12.3. The first kappa shape index (κ1) is 44.7. The maximum Gasteiger partial charge on any atom is 0.187 e. The maximum atomic E-state index is 12.3. The Morgan fingerprint density at radius 1 is 0.768 bits per heavy atom. The van der Waals surface area contributed by atoms with Gasteiger partial charge in [-0.1, -0.05) is 46.3 Å². The number of hydrogen-bond acceptors (Lipinski definition) is 14. The third kappa shape index (κ3) is 7.16. The molecule has 0 radical (unpaired) electrons. The predicted octanol–water partition coefficient (Wildman–Crippen LogP) is 1.12. The molecule has 0 unspecified atom stereocenters. The summed E-state index contributed by atoms with van der Waals surface area (Å²) in [4.78, 5) is 0. The quantitative estimate of drug-likeness (QED) is 0.110. The largest absolute Gasteiger partial charge is 0.394 e. The summed E-state index contributed by atoms with van der Waals surface area (Å²) in [5.41, 5.74) is -1.85. The predicted molar refractivity (Wildman–Crippen MR) is 202 cm³/mol. The Hall–Kier alpha value is -0.820. The van der Waals surface area contributed by atoms with Crippen LogP contribution in [0.1, 0.15) is 107 Å². The first-order valence-corrected chi connectivity index (χ1v) is 21.0. The van der Waals surface area contributed by atoms with Gasteiger partial charge in [-0.05, 0) is 117 Å². The van der Waals surface area contributed by atoms with Gasteiger partial charge in [-0.25, -0.2) is 0 Å². The van der Waals surface area contributed by atoms with Crippen molar-refractivity contribution in [3.8, 4) is 0 Å². The minimum atomic E-state index is -1.81. The molecule has 14 nitrogen and oxygen atoms in total. The fourth-order valence-electron chi connectivity index (χ4n) is 13.4. The average molecular weight is 801 g/mol. The third-order valence-electron chi connectivity index (χ3n) is 16.5. The second-order valence-electron chi connectivity index (χ2n) is 20.3. The van der Waals surface area contributed by atoms with Crippen LogP contribution in [0.15, 0.2) is 11.6 Å². The molecule has 6 aliphatic rings. The van der Waals surface area contributed by atoms with Crippen LogP contribution in [0.25, 0.3) is 0 Å². The van der Waals surface area contributed by atoms with Crippen molar-refractivity contribution >= 4 is 0 Å². The second kappa shape index (κ2) is 15.9. The smallest absolute Gasteiger partial charge is 0.187 e. The van der Waals surface area contributed by atoms with E-state index in [4.69, 9.17) is 18.9 Å². The molecule has 14 heteroatoms. The molecule has 0 spiro atoms. The van der Waals surface area contributed by atoms with E-state index in [0.717, 1.165) is 19.3 Å². The highest BCUT2D eigenvalue weighted by atomic mass is 16.8. The molecule has 4 saturated carbocycles. The van der Waals surface area contributed by atoms with Crippen LogP contribution in [0.4, 0.5) is 0 Å². The van der Waals surface area contributed by atoms with Crippen molar-refractivity contribution in [1.29, 1.82) is 0 Å². The Balaban J connectivity index is 1.38. The topological polar surface area (TPSA) is 239 Å². The van der Waals surface area contributed by atoms with Crippen molar-refractivity contribution in [1.82, 2.24) is 0 Å². The first-order chi connectivity index (χ1) is 26.0. The van der Waals surface area contributed by atoms with Crippen molar-refractivity contribution in [2.24, 2.45) is 45.3 Å². The minimum absolute atomic E-state index is 0.0169. The van der Waals surface area contributed by atoms with E-state index in [9.17, 15) is 51.1 Å². The monoisotopic (exact) mass is 800 g/mol. The lowest BCUT2D eigenvalue weighted by Gasteiger charge is -2.72. The van der Waals surface area contributed by atoms with Gasteiger partial charge in [0.1, 0.15) is 48.8 Å². The summed E-state index contributed by atoms with van der Waals surface area (Å²) in [5, 5.41) is 110. The molecule has 2 saturated heterocycles. The lowest BCUT2D eigenvalue weighted by Crippen LogP contribution is -2.71. The fraction of sp³-hybridized carbons (Fsp3) is 0.952. The fourth-order valence-corrected chi connectivity index (χ4v) is 13.4. The van der Waals surface area contributed by atoms with Crippen LogP contribution in [-0.4, -0.2) is 150 Å². The normalized spacial score (nSPS) is 52.6. The SMILES string of the molecule is CC(C)=CCC[C@](C)(O)[C@H]1CC[C@]2(C)[C@@H]1[C@H](O)C[C@@H]1[C@@]3(C)CC[C@H](O)C(C)(C)[C@H]3[C@@H](O[C@H]3O[C@H](CO)[C@@H](O)[C@H](O)[C@H]3O[C@H]3O[C@@H](CO)[C@H](O)[C@@H](O)[C@@H]3O)C[C@]12C. The van der Waals surface area contributed by atoms with Crippen molar-refractivity contribution in [2.45, 2.75) is 192 Å². The van der Waals surface area contributed by atoms with Gasteiger partial charge in [-0.3, -0.25) is 0 Å². The summed E-state index contributed by atoms with van der Waals surface area (Å²) >= 11 is 0. The molecule has 324 valence electrons. The zero-order chi connectivity index (χ0) is 41.5. The van der Waals surface area contributed by atoms with Crippen LogP contribution in [0.2, 0.25) is 0 Å². The van der Waals surface area contributed by atoms with Crippen LogP contribution in [0.3, 0.4) is 0 Å². The van der Waals surface area contributed by atoms with E-state index in [2.05, 4.69) is 26.8 Å². The Labute approximate surface area is 331 Å².